The molecule has 0 fully saturated rings. The first-order valence-electron chi connectivity index (χ1n) is 4.78. The fourth-order valence-electron chi connectivity index (χ4n) is 1.08. The molecular formula is C11H16N2S. The zero-order valence-corrected chi connectivity index (χ0v) is 9.50. The molecule has 0 aliphatic carbocycles. The number of thioether (sulfide) groups is 1. The molecular weight excluding hydrogens is 192 g/mol. The van der Waals surface area contributed by atoms with Gasteiger partial charge in [-0.25, -0.2) is 9.97 Å². The Bertz CT molecular complexity index is 274. The summed E-state index contributed by atoms with van der Waals surface area (Å²) in [6.45, 7) is 8.18. The van der Waals surface area contributed by atoms with Crippen molar-refractivity contribution >= 4 is 11.8 Å². The fourth-order valence-corrected chi connectivity index (χ4v) is 2.00. The van der Waals surface area contributed by atoms with E-state index in [1.165, 1.54) is 0 Å². The molecule has 1 aromatic rings. The van der Waals surface area contributed by atoms with Crippen LogP contribution in [0.5, 0.6) is 0 Å². The van der Waals surface area contributed by atoms with Gasteiger partial charge in [-0.2, -0.15) is 0 Å². The monoisotopic (exact) mass is 208 g/mol. The lowest BCUT2D eigenvalue weighted by molar-refractivity contribution is 0.586. The molecule has 0 aliphatic heterocycles. The second kappa shape index (κ2) is 5.81. The summed E-state index contributed by atoms with van der Waals surface area (Å²) in [4.78, 5) is 8.37. The van der Waals surface area contributed by atoms with Crippen molar-refractivity contribution in [3.63, 3.8) is 0 Å². The van der Waals surface area contributed by atoms with Crippen LogP contribution in [0, 0.1) is 5.92 Å². The normalized spacial score (nSPS) is 14.7. The Morgan fingerprint density at radius 3 is 2.64 bits per heavy atom. The van der Waals surface area contributed by atoms with Crippen LogP contribution in [0.3, 0.4) is 0 Å². The van der Waals surface area contributed by atoms with Crippen LogP contribution in [-0.2, 0) is 0 Å². The first-order chi connectivity index (χ1) is 6.74. The lowest BCUT2D eigenvalue weighted by atomic mass is 10.1. The Kier molecular flexibility index (Phi) is 4.66. The first kappa shape index (κ1) is 11.2. The Balaban J connectivity index is 2.48. The van der Waals surface area contributed by atoms with Crippen molar-refractivity contribution in [3.05, 3.63) is 31.1 Å². The molecule has 76 valence electrons. The zero-order chi connectivity index (χ0) is 10.4. The van der Waals surface area contributed by atoms with Gasteiger partial charge in [0.25, 0.3) is 0 Å². The molecule has 0 amide bonds. The van der Waals surface area contributed by atoms with Gasteiger partial charge in [0, 0.05) is 17.6 Å². The molecule has 0 saturated heterocycles. The lowest BCUT2D eigenvalue weighted by Gasteiger charge is -2.16. The molecule has 2 atom stereocenters. The highest BCUT2D eigenvalue weighted by Gasteiger charge is 2.13. The van der Waals surface area contributed by atoms with Gasteiger partial charge in [-0.1, -0.05) is 31.7 Å². The van der Waals surface area contributed by atoms with Gasteiger partial charge >= 0.3 is 0 Å². The van der Waals surface area contributed by atoms with E-state index in [0.717, 1.165) is 11.6 Å². The highest BCUT2D eigenvalue weighted by Crippen LogP contribution is 2.26. The Morgan fingerprint density at radius 1 is 1.43 bits per heavy atom. The SMILES string of the molecule is C=CC[C@H](C)[C@@H](C)Sc1ncccn1. The van der Waals surface area contributed by atoms with Gasteiger partial charge in [-0.3, -0.25) is 0 Å². The molecule has 0 N–H and O–H groups in total. The second-order valence-electron chi connectivity index (χ2n) is 3.36. The third kappa shape index (κ3) is 3.50. The highest BCUT2D eigenvalue weighted by molar-refractivity contribution is 7.99. The minimum absolute atomic E-state index is 0.524. The van der Waals surface area contributed by atoms with Gasteiger partial charge in [0.15, 0.2) is 5.16 Å². The van der Waals surface area contributed by atoms with Gasteiger partial charge in [0.05, 0.1) is 0 Å². The Morgan fingerprint density at radius 2 is 2.07 bits per heavy atom. The first-order valence-corrected chi connectivity index (χ1v) is 5.66. The van der Waals surface area contributed by atoms with E-state index in [-0.39, 0.29) is 0 Å². The predicted molar refractivity (Wildman–Crippen MR) is 61.3 cm³/mol. The molecule has 0 aromatic carbocycles. The predicted octanol–water partition coefficient (Wildman–Crippen LogP) is 3.17. The maximum atomic E-state index is 4.19. The smallest absolute Gasteiger partial charge is 0.187 e. The van der Waals surface area contributed by atoms with Crippen LogP contribution in [0.1, 0.15) is 20.3 Å². The summed E-state index contributed by atoms with van der Waals surface area (Å²) < 4.78 is 0. The largest absolute Gasteiger partial charge is 0.231 e. The molecule has 2 nitrogen and oxygen atoms in total. The summed E-state index contributed by atoms with van der Waals surface area (Å²) in [6.07, 6.45) is 6.56. The van der Waals surface area contributed by atoms with Crippen LogP contribution < -0.4 is 0 Å². The van der Waals surface area contributed by atoms with Gasteiger partial charge < -0.3 is 0 Å². The maximum Gasteiger partial charge on any atom is 0.187 e. The second-order valence-corrected chi connectivity index (χ2v) is 4.70. The summed E-state index contributed by atoms with van der Waals surface area (Å²) >= 11 is 1.72. The highest BCUT2D eigenvalue weighted by atomic mass is 32.2. The van der Waals surface area contributed by atoms with Crippen LogP contribution in [0.4, 0.5) is 0 Å². The molecule has 1 rings (SSSR count). The van der Waals surface area contributed by atoms with Crippen LogP contribution in [0.25, 0.3) is 0 Å². The third-order valence-corrected chi connectivity index (χ3v) is 3.43. The van der Waals surface area contributed by atoms with Crippen LogP contribution in [0.15, 0.2) is 36.3 Å². The molecule has 0 radical (unpaired) electrons. The van der Waals surface area contributed by atoms with E-state index in [0.29, 0.717) is 11.2 Å². The van der Waals surface area contributed by atoms with Gasteiger partial charge in [-0.15, -0.1) is 6.58 Å². The number of rotatable bonds is 5. The molecule has 1 heterocycles. The number of hydrogen-bond donors (Lipinski definition) is 0. The van der Waals surface area contributed by atoms with Crippen molar-refractivity contribution in [3.8, 4) is 0 Å². The standard InChI is InChI=1S/C11H16N2S/c1-4-6-9(2)10(3)14-11-12-7-5-8-13-11/h4-5,7-10H,1,6H2,2-3H3/t9-,10+/m0/s1. The van der Waals surface area contributed by atoms with E-state index in [2.05, 4.69) is 30.4 Å². The summed E-state index contributed by atoms with van der Waals surface area (Å²) in [5.74, 6) is 0.612. The summed E-state index contributed by atoms with van der Waals surface area (Å²) in [7, 11) is 0. The molecule has 1 aromatic heterocycles. The number of allylic oxidation sites excluding steroid dienone is 1. The zero-order valence-electron chi connectivity index (χ0n) is 8.68. The van der Waals surface area contributed by atoms with Gasteiger partial charge in [0.1, 0.15) is 0 Å². The molecule has 0 aliphatic rings. The van der Waals surface area contributed by atoms with Gasteiger partial charge in [0.2, 0.25) is 0 Å². The summed E-state index contributed by atoms with van der Waals surface area (Å²) in [5, 5.41) is 1.38. The van der Waals surface area contributed by atoms with Crippen molar-refractivity contribution in [2.75, 3.05) is 0 Å². The van der Waals surface area contributed by atoms with E-state index in [4.69, 9.17) is 0 Å². The molecule has 14 heavy (non-hydrogen) atoms. The van der Waals surface area contributed by atoms with Crippen LogP contribution in [-0.4, -0.2) is 15.2 Å². The van der Waals surface area contributed by atoms with E-state index in [1.54, 1.807) is 24.2 Å². The van der Waals surface area contributed by atoms with Gasteiger partial charge in [-0.05, 0) is 18.4 Å². The van der Waals surface area contributed by atoms with Crippen molar-refractivity contribution in [1.82, 2.24) is 9.97 Å². The number of nitrogens with zero attached hydrogens (tertiary/aromatic N) is 2. The van der Waals surface area contributed by atoms with E-state index in [9.17, 15) is 0 Å². The average Bonchev–Trinajstić information content (AvgIpc) is 2.19. The topological polar surface area (TPSA) is 25.8 Å². The van der Waals surface area contributed by atoms with Crippen molar-refractivity contribution < 1.29 is 0 Å². The number of hydrogen-bond acceptors (Lipinski definition) is 3. The average molecular weight is 208 g/mol. The Hall–Kier alpha value is -0.830. The fraction of sp³-hybridized carbons (Fsp3) is 0.455. The minimum atomic E-state index is 0.524. The van der Waals surface area contributed by atoms with E-state index < -0.39 is 0 Å². The Labute approximate surface area is 89.9 Å². The quantitative estimate of drug-likeness (QED) is 0.422. The maximum absolute atomic E-state index is 4.19. The molecule has 0 unspecified atom stereocenters. The molecule has 0 bridgehead atoms. The minimum Gasteiger partial charge on any atom is -0.231 e. The third-order valence-electron chi connectivity index (χ3n) is 2.17. The molecule has 0 saturated carbocycles. The van der Waals surface area contributed by atoms with E-state index in [1.807, 2.05) is 12.1 Å². The molecule has 3 heteroatoms. The van der Waals surface area contributed by atoms with Crippen molar-refractivity contribution in [1.29, 1.82) is 0 Å². The number of aromatic nitrogens is 2. The molecule has 0 spiro atoms. The van der Waals surface area contributed by atoms with Crippen LogP contribution in [0.2, 0.25) is 0 Å². The summed E-state index contributed by atoms with van der Waals surface area (Å²) in [5.41, 5.74) is 0. The van der Waals surface area contributed by atoms with Crippen molar-refractivity contribution in [2.45, 2.75) is 30.7 Å². The summed E-state index contributed by atoms with van der Waals surface area (Å²) in [6, 6.07) is 1.84. The van der Waals surface area contributed by atoms with E-state index >= 15 is 0 Å². The van der Waals surface area contributed by atoms with Crippen LogP contribution >= 0.6 is 11.8 Å². The van der Waals surface area contributed by atoms with Crippen molar-refractivity contribution in [2.24, 2.45) is 5.92 Å². The lowest BCUT2D eigenvalue weighted by Crippen LogP contribution is -2.09.